The summed E-state index contributed by atoms with van der Waals surface area (Å²) >= 11 is 3.37. The molecule has 6 heteroatoms. The van der Waals surface area contributed by atoms with Gasteiger partial charge in [-0.3, -0.25) is 0 Å². The minimum Gasteiger partial charge on any atom is -0.309 e. The molecular formula is C45H26N4S2. The molecule has 0 bridgehead atoms. The normalized spacial score (nSPS) is 14.7. The average molecular weight is 697 g/mol. The first-order valence-electron chi connectivity index (χ1n) is 21.1. The molecule has 11 rings (SSSR count). The summed E-state index contributed by atoms with van der Waals surface area (Å²) in [4.78, 5) is 13.6. The molecule has 238 valence electrons. The summed E-state index contributed by atoms with van der Waals surface area (Å²) in [6, 6.07) is 27.9. The highest BCUT2D eigenvalue weighted by Gasteiger charge is 2.18. The van der Waals surface area contributed by atoms with Crippen molar-refractivity contribution in [1.29, 1.82) is 0 Å². The van der Waals surface area contributed by atoms with Crippen molar-refractivity contribution >= 4 is 84.8 Å². The van der Waals surface area contributed by atoms with Crippen LogP contribution in [0.2, 0.25) is 0 Å². The van der Waals surface area contributed by atoms with Crippen molar-refractivity contribution in [2.75, 3.05) is 0 Å². The van der Waals surface area contributed by atoms with Gasteiger partial charge in [-0.1, -0.05) is 109 Å². The molecule has 0 radical (unpaired) electrons. The van der Waals surface area contributed by atoms with Crippen LogP contribution in [0, 0.1) is 0 Å². The Morgan fingerprint density at radius 1 is 0.412 bits per heavy atom. The summed E-state index contributed by atoms with van der Waals surface area (Å²) in [7, 11) is 0. The molecule has 0 saturated carbocycles. The van der Waals surface area contributed by atoms with Crippen molar-refractivity contribution in [1.82, 2.24) is 19.5 Å². The number of aromatic nitrogens is 4. The topological polar surface area (TPSA) is 43.6 Å². The van der Waals surface area contributed by atoms with E-state index in [9.17, 15) is 0 Å². The second-order valence-electron chi connectivity index (χ2n) is 12.1. The summed E-state index contributed by atoms with van der Waals surface area (Å²) in [5.41, 5.74) is 3.08. The smallest absolute Gasteiger partial charge is 0.164 e. The van der Waals surface area contributed by atoms with Crippen molar-refractivity contribution in [3.8, 4) is 39.9 Å². The zero-order chi connectivity index (χ0) is 42.2. The maximum absolute atomic E-state index is 8.66. The molecule has 0 spiro atoms. The second kappa shape index (κ2) is 11.2. The lowest BCUT2D eigenvalue weighted by atomic mass is 10.1. The molecule has 0 amide bonds. The van der Waals surface area contributed by atoms with Crippen LogP contribution >= 0.6 is 22.7 Å². The lowest BCUT2D eigenvalue weighted by Gasteiger charge is -2.09. The van der Waals surface area contributed by atoms with Crippen LogP contribution < -0.4 is 0 Å². The molecule has 4 heterocycles. The number of thiophene rings is 2. The Morgan fingerprint density at radius 3 is 1.75 bits per heavy atom. The number of hydrogen-bond acceptors (Lipinski definition) is 5. The predicted molar refractivity (Wildman–Crippen MR) is 216 cm³/mol. The highest BCUT2D eigenvalue weighted by atomic mass is 32.1. The first kappa shape index (κ1) is 20.5. The summed E-state index contributed by atoms with van der Waals surface area (Å²) in [5.74, 6) is -0.580. The van der Waals surface area contributed by atoms with Crippen LogP contribution in [-0.4, -0.2) is 19.5 Å². The van der Waals surface area contributed by atoms with Gasteiger partial charge in [0.1, 0.15) is 0 Å². The van der Waals surface area contributed by atoms with Gasteiger partial charge in [0.2, 0.25) is 0 Å². The molecule has 4 nitrogen and oxygen atoms in total. The minimum atomic E-state index is -0.595. The molecule has 0 saturated heterocycles. The fourth-order valence-electron chi connectivity index (χ4n) is 6.96. The third-order valence-corrected chi connectivity index (χ3v) is 11.5. The van der Waals surface area contributed by atoms with Gasteiger partial charge in [-0.15, -0.1) is 22.7 Å². The van der Waals surface area contributed by atoms with E-state index < -0.39 is 60.4 Å². The molecule has 0 aliphatic rings. The van der Waals surface area contributed by atoms with E-state index in [0.29, 0.717) is 5.56 Å². The van der Waals surface area contributed by atoms with Crippen LogP contribution in [0.3, 0.4) is 0 Å². The number of nitrogens with zero attached hydrogens (tertiary/aromatic N) is 4. The van der Waals surface area contributed by atoms with E-state index in [1.807, 2.05) is 18.2 Å². The number of para-hydroxylation sites is 1. The summed E-state index contributed by atoms with van der Waals surface area (Å²) in [6.07, 6.45) is 0. The molecule has 0 aliphatic carbocycles. The van der Waals surface area contributed by atoms with E-state index in [1.54, 1.807) is 22.7 Å². The van der Waals surface area contributed by atoms with Gasteiger partial charge in [-0.2, -0.15) is 0 Å². The SMILES string of the molecule is [2H]c1c([2H])c([2H])c(-c2nc(-c3ccc4c(c3)sc3ccc(-n5c6ccccc6c6cc7sc8ccccc8c7cc65)cc34)nc(-c3c([2H])c([2H])c([2H])c([2H])c3[2H])n2)c([2H])c1[2H]. The van der Waals surface area contributed by atoms with E-state index >= 15 is 0 Å². The molecule has 0 fully saturated rings. The molecule has 4 aromatic heterocycles. The van der Waals surface area contributed by atoms with Gasteiger partial charge < -0.3 is 4.57 Å². The van der Waals surface area contributed by atoms with Gasteiger partial charge in [-0.25, -0.2) is 15.0 Å². The van der Waals surface area contributed by atoms with E-state index in [0.717, 1.165) is 36.9 Å². The first-order valence-corrected chi connectivity index (χ1v) is 17.7. The zero-order valence-corrected chi connectivity index (χ0v) is 28.0. The fourth-order valence-corrected chi connectivity index (χ4v) is 9.21. The van der Waals surface area contributed by atoms with Gasteiger partial charge in [0, 0.05) is 73.5 Å². The Bertz CT molecular complexity index is 3600. The lowest BCUT2D eigenvalue weighted by Crippen LogP contribution is -1.99. The number of benzene rings is 7. The Labute approximate surface area is 314 Å². The lowest BCUT2D eigenvalue weighted by molar-refractivity contribution is 1.07. The second-order valence-corrected chi connectivity index (χ2v) is 14.3. The van der Waals surface area contributed by atoms with Gasteiger partial charge in [0.25, 0.3) is 0 Å². The van der Waals surface area contributed by atoms with E-state index in [4.69, 9.17) is 13.7 Å². The van der Waals surface area contributed by atoms with Crippen molar-refractivity contribution in [3.63, 3.8) is 0 Å². The van der Waals surface area contributed by atoms with Crippen molar-refractivity contribution in [3.05, 3.63) is 157 Å². The number of rotatable bonds is 4. The van der Waals surface area contributed by atoms with Gasteiger partial charge in [0.15, 0.2) is 17.5 Å². The van der Waals surface area contributed by atoms with E-state index in [2.05, 4.69) is 98.4 Å². The van der Waals surface area contributed by atoms with Gasteiger partial charge in [0.05, 0.1) is 24.7 Å². The highest BCUT2D eigenvalue weighted by Crippen LogP contribution is 2.42. The minimum absolute atomic E-state index is 0.0243. The number of hydrogen-bond donors (Lipinski definition) is 0. The van der Waals surface area contributed by atoms with E-state index in [-0.39, 0.29) is 28.6 Å². The zero-order valence-electron chi connectivity index (χ0n) is 36.3. The average Bonchev–Trinajstić information content (AvgIpc) is 3.94. The van der Waals surface area contributed by atoms with Crippen LogP contribution in [0.5, 0.6) is 0 Å². The van der Waals surface area contributed by atoms with Crippen molar-refractivity contribution in [2.45, 2.75) is 0 Å². The molecule has 0 aliphatic heterocycles. The van der Waals surface area contributed by atoms with Crippen LogP contribution in [0.15, 0.2) is 157 Å². The van der Waals surface area contributed by atoms with Crippen molar-refractivity contribution < 1.29 is 13.7 Å². The quantitative estimate of drug-likeness (QED) is 0.184. The summed E-state index contributed by atoms with van der Waals surface area (Å²) in [5, 5.41) is 6.80. The van der Waals surface area contributed by atoms with Gasteiger partial charge in [-0.05, 0) is 48.5 Å². The Balaban J connectivity index is 1.10. The molecular weight excluding hydrogens is 661 g/mol. The monoisotopic (exact) mass is 696 g/mol. The van der Waals surface area contributed by atoms with Crippen molar-refractivity contribution in [2.24, 2.45) is 0 Å². The summed E-state index contributed by atoms with van der Waals surface area (Å²) in [6.45, 7) is 0. The maximum atomic E-state index is 8.66. The molecule has 0 atom stereocenters. The van der Waals surface area contributed by atoms with Crippen LogP contribution in [0.4, 0.5) is 0 Å². The molecule has 7 aromatic carbocycles. The Kier molecular flexibility index (Phi) is 4.47. The van der Waals surface area contributed by atoms with Crippen LogP contribution in [-0.2, 0) is 0 Å². The maximum Gasteiger partial charge on any atom is 0.164 e. The number of fused-ring (bicyclic) bond motifs is 9. The first-order chi connectivity index (χ1) is 29.4. The largest absolute Gasteiger partial charge is 0.309 e. The molecule has 51 heavy (non-hydrogen) atoms. The third kappa shape index (κ3) is 4.54. The van der Waals surface area contributed by atoms with Crippen LogP contribution in [0.1, 0.15) is 13.7 Å². The highest BCUT2D eigenvalue weighted by molar-refractivity contribution is 7.26. The molecule has 11 aromatic rings. The Morgan fingerprint density at radius 2 is 1.00 bits per heavy atom. The Hall–Kier alpha value is -6.21. The van der Waals surface area contributed by atoms with E-state index in [1.165, 1.54) is 30.9 Å². The predicted octanol–water partition coefficient (Wildman–Crippen LogP) is 12.7. The fraction of sp³-hybridized carbons (Fsp3) is 0. The standard InChI is InChI=1S/C45H26N4S2/c1-3-11-27(12-4-1)43-46-44(28-13-5-2-6-14-28)48-45(47-43)29-19-21-33-35-24-30(20-22-40(35)51-41(33)23-29)49-37-17-9-7-15-31(37)34-26-42-36(25-38(34)49)32-16-8-10-18-39(32)50-42/h1-26H/i1D,2D,3D,4D,5D,6D,11D,12D,13D,14D. The summed E-state index contributed by atoms with van der Waals surface area (Å²) < 4.78 is 90.8. The molecule has 0 unspecified atom stereocenters. The molecule has 0 N–H and O–H groups in total. The third-order valence-electron chi connectivity index (χ3n) is 9.22. The van der Waals surface area contributed by atoms with Gasteiger partial charge >= 0.3 is 0 Å². The van der Waals surface area contributed by atoms with Crippen LogP contribution in [0.25, 0.3) is 102 Å².